The van der Waals surface area contributed by atoms with E-state index >= 15 is 0 Å². The SMILES string of the molecule is CS(=O)(=O)Nc1ccc(NC(=O)c2occc2COc2ccccc2)cc1. The largest absolute Gasteiger partial charge is 0.489 e. The molecule has 0 aliphatic heterocycles. The Bertz CT molecular complexity index is 1010. The first-order valence-corrected chi connectivity index (χ1v) is 9.93. The molecule has 0 radical (unpaired) electrons. The fourth-order valence-corrected chi connectivity index (χ4v) is 2.91. The summed E-state index contributed by atoms with van der Waals surface area (Å²) in [5, 5.41) is 2.71. The van der Waals surface area contributed by atoms with Crippen LogP contribution in [0.2, 0.25) is 0 Å². The van der Waals surface area contributed by atoms with Gasteiger partial charge < -0.3 is 14.5 Å². The Morgan fingerprint density at radius 1 is 1.00 bits per heavy atom. The lowest BCUT2D eigenvalue weighted by atomic mass is 10.2. The van der Waals surface area contributed by atoms with Crippen LogP contribution >= 0.6 is 0 Å². The van der Waals surface area contributed by atoms with Crippen LogP contribution in [0.3, 0.4) is 0 Å². The van der Waals surface area contributed by atoms with Crippen LogP contribution in [0.5, 0.6) is 5.75 Å². The molecule has 2 N–H and O–H groups in total. The molecule has 0 atom stereocenters. The molecule has 0 saturated heterocycles. The molecule has 0 fully saturated rings. The monoisotopic (exact) mass is 386 g/mol. The van der Waals surface area contributed by atoms with Gasteiger partial charge in [0.2, 0.25) is 10.0 Å². The first-order chi connectivity index (χ1) is 12.9. The van der Waals surface area contributed by atoms with E-state index in [1.807, 2.05) is 30.3 Å². The first kappa shape index (κ1) is 18.5. The van der Waals surface area contributed by atoms with E-state index in [4.69, 9.17) is 9.15 Å². The number of amides is 1. The van der Waals surface area contributed by atoms with Gasteiger partial charge in [-0.3, -0.25) is 9.52 Å². The number of sulfonamides is 1. The number of carbonyl (C=O) groups excluding carboxylic acids is 1. The molecular formula is C19H18N2O5S. The molecule has 8 heteroatoms. The van der Waals surface area contributed by atoms with E-state index in [-0.39, 0.29) is 12.4 Å². The molecule has 0 aliphatic carbocycles. The van der Waals surface area contributed by atoms with Crippen molar-refractivity contribution >= 4 is 27.3 Å². The lowest BCUT2D eigenvalue weighted by Gasteiger charge is -2.08. The number of carbonyl (C=O) groups is 1. The van der Waals surface area contributed by atoms with Gasteiger partial charge in [0.25, 0.3) is 5.91 Å². The van der Waals surface area contributed by atoms with Crippen molar-refractivity contribution in [2.75, 3.05) is 16.3 Å². The highest BCUT2D eigenvalue weighted by Crippen LogP contribution is 2.19. The normalized spacial score (nSPS) is 11.0. The summed E-state index contributed by atoms with van der Waals surface area (Å²) in [4.78, 5) is 12.4. The van der Waals surface area contributed by atoms with E-state index < -0.39 is 15.9 Å². The highest BCUT2D eigenvalue weighted by atomic mass is 32.2. The van der Waals surface area contributed by atoms with Crippen molar-refractivity contribution in [3.8, 4) is 5.75 Å². The number of nitrogens with one attached hydrogen (secondary N) is 2. The summed E-state index contributed by atoms with van der Waals surface area (Å²) in [6.45, 7) is 0.195. The molecule has 0 spiro atoms. The van der Waals surface area contributed by atoms with Crippen molar-refractivity contribution in [3.05, 3.63) is 78.3 Å². The third-order valence-electron chi connectivity index (χ3n) is 3.54. The standard InChI is InChI=1S/C19H18N2O5S/c1-27(23,24)21-16-9-7-15(8-10-16)20-19(22)18-14(11-12-25-18)13-26-17-5-3-2-4-6-17/h2-12,21H,13H2,1H3,(H,20,22). The third kappa shape index (κ3) is 5.35. The predicted molar refractivity (Wildman–Crippen MR) is 102 cm³/mol. The number of furan rings is 1. The van der Waals surface area contributed by atoms with Gasteiger partial charge in [0.15, 0.2) is 5.76 Å². The van der Waals surface area contributed by atoms with Gasteiger partial charge in [-0.05, 0) is 42.5 Å². The Morgan fingerprint density at radius 3 is 2.33 bits per heavy atom. The molecule has 1 aromatic heterocycles. The fourth-order valence-electron chi connectivity index (χ4n) is 2.35. The van der Waals surface area contributed by atoms with Gasteiger partial charge in [-0.1, -0.05) is 18.2 Å². The Balaban J connectivity index is 1.64. The molecule has 0 aliphatic rings. The van der Waals surface area contributed by atoms with Crippen LogP contribution in [0, 0.1) is 0 Å². The maximum Gasteiger partial charge on any atom is 0.291 e. The topological polar surface area (TPSA) is 97.6 Å². The van der Waals surface area contributed by atoms with Crippen molar-refractivity contribution in [3.63, 3.8) is 0 Å². The van der Waals surface area contributed by atoms with E-state index in [9.17, 15) is 13.2 Å². The van der Waals surface area contributed by atoms with E-state index in [0.29, 0.717) is 22.7 Å². The zero-order valence-electron chi connectivity index (χ0n) is 14.5. The molecule has 7 nitrogen and oxygen atoms in total. The van der Waals surface area contributed by atoms with Crippen molar-refractivity contribution in [2.45, 2.75) is 6.61 Å². The first-order valence-electron chi connectivity index (χ1n) is 8.04. The molecule has 0 bridgehead atoms. The van der Waals surface area contributed by atoms with Crippen LogP contribution in [-0.4, -0.2) is 20.6 Å². The third-order valence-corrected chi connectivity index (χ3v) is 4.14. The lowest BCUT2D eigenvalue weighted by Crippen LogP contribution is -2.14. The summed E-state index contributed by atoms with van der Waals surface area (Å²) in [7, 11) is -3.35. The van der Waals surface area contributed by atoms with Crippen molar-refractivity contribution in [1.82, 2.24) is 0 Å². The van der Waals surface area contributed by atoms with E-state index in [0.717, 1.165) is 6.26 Å². The molecule has 3 aromatic rings. The molecule has 3 rings (SSSR count). The molecule has 2 aromatic carbocycles. The lowest BCUT2D eigenvalue weighted by molar-refractivity contribution is 0.0993. The zero-order valence-corrected chi connectivity index (χ0v) is 15.3. The minimum atomic E-state index is -3.35. The van der Waals surface area contributed by atoms with Gasteiger partial charge in [0, 0.05) is 16.9 Å². The van der Waals surface area contributed by atoms with Gasteiger partial charge in [0.05, 0.1) is 12.5 Å². The Morgan fingerprint density at radius 2 is 1.67 bits per heavy atom. The molecule has 140 valence electrons. The molecule has 0 saturated carbocycles. The summed E-state index contributed by atoms with van der Waals surface area (Å²) in [6.07, 6.45) is 2.50. The Labute approximate surface area is 157 Å². The van der Waals surface area contributed by atoms with Crippen LogP contribution in [0.25, 0.3) is 0 Å². The highest BCUT2D eigenvalue weighted by Gasteiger charge is 2.16. The number of hydrogen-bond donors (Lipinski definition) is 2. The van der Waals surface area contributed by atoms with Crippen LogP contribution in [0.4, 0.5) is 11.4 Å². The number of hydrogen-bond acceptors (Lipinski definition) is 5. The van der Waals surface area contributed by atoms with Gasteiger partial charge in [-0.2, -0.15) is 0 Å². The van der Waals surface area contributed by atoms with Crippen LogP contribution in [0.1, 0.15) is 16.1 Å². The summed E-state index contributed by atoms with van der Waals surface area (Å²) in [5.74, 6) is 0.429. The number of benzene rings is 2. The maximum absolute atomic E-state index is 12.4. The Kier molecular flexibility index (Phi) is 5.46. The molecule has 0 unspecified atom stereocenters. The average Bonchev–Trinajstić information content (AvgIpc) is 3.10. The van der Waals surface area contributed by atoms with Crippen LogP contribution in [-0.2, 0) is 16.6 Å². The summed E-state index contributed by atoms with van der Waals surface area (Å²) in [6, 6.07) is 17.2. The second-order valence-corrected chi connectivity index (χ2v) is 7.53. The minimum Gasteiger partial charge on any atom is -0.489 e. The van der Waals surface area contributed by atoms with Gasteiger partial charge in [-0.25, -0.2) is 8.42 Å². The molecule has 1 amide bonds. The minimum absolute atomic E-state index is 0.157. The fraction of sp³-hybridized carbons (Fsp3) is 0.105. The van der Waals surface area contributed by atoms with E-state index in [1.54, 1.807) is 30.3 Å². The van der Waals surface area contributed by atoms with Crippen molar-refractivity contribution < 1.29 is 22.4 Å². The number of rotatable bonds is 7. The predicted octanol–water partition coefficient (Wildman–Crippen LogP) is 3.48. The Hall–Kier alpha value is -3.26. The quantitative estimate of drug-likeness (QED) is 0.648. The van der Waals surface area contributed by atoms with Crippen molar-refractivity contribution in [1.29, 1.82) is 0 Å². The maximum atomic E-state index is 12.4. The van der Waals surface area contributed by atoms with Gasteiger partial charge >= 0.3 is 0 Å². The number of ether oxygens (including phenoxy) is 1. The number of anilines is 2. The second kappa shape index (κ2) is 7.96. The van der Waals surface area contributed by atoms with Crippen molar-refractivity contribution in [2.24, 2.45) is 0 Å². The zero-order chi connectivity index (χ0) is 19.3. The van der Waals surface area contributed by atoms with Crippen LogP contribution in [0.15, 0.2) is 71.3 Å². The highest BCUT2D eigenvalue weighted by molar-refractivity contribution is 7.92. The molecular weight excluding hydrogens is 368 g/mol. The average molecular weight is 386 g/mol. The van der Waals surface area contributed by atoms with Gasteiger partial charge in [-0.15, -0.1) is 0 Å². The van der Waals surface area contributed by atoms with Crippen LogP contribution < -0.4 is 14.8 Å². The summed E-state index contributed by atoms with van der Waals surface area (Å²) in [5.41, 5.74) is 1.53. The smallest absolute Gasteiger partial charge is 0.291 e. The van der Waals surface area contributed by atoms with E-state index in [1.165, 1.54) is 6.26 Å². The second-order valence-electron chi connectivity index (χ2n) is 5.78. The molecule has 27 heavy (non-hydrogen) atoms. The molecule has 1 heterocycles. The van der Waals surface area contributed by atoms with Gasteiger partial charge in [0.1, 0.15) is 12.4 Å². The number of para-hydroxylation sites is 1. The van der Waals surface area contributed by atoms with E-state index in [2.05, 4.69) is 10.0 Å². The summed E-state index contributed by atoms with van der Waals surface area (Å²) >= 11 is 0. The summed E-state index contributed by atoms with van der Waals surface area (Å²) < 4.78 is 35.7.